The number of anilines is 1. The molecule has 0 saturated carbocycles. The van der Waals surface area contributed by atoms with Crippen molar-refractivity contribution in [2.24, 2.45) is 11.5 Å². The molecular formula is C14H18N4O2S. The van der Waals surface area contributed by atoms with E-state index in [9.17, 15) is 9.59 Å². The maximum absolute atomic E-state index is 12.4. The molecule has 0 aliphatic carbocycles. The van der Waals surface area contributed by atoms with Gasteiger partial charge in [0.2, 0.25) is 5.91 Å². The van der Waals surface area contributed by atoms with E-state index in [0.29, 0.717) is 24.4 Å². The minimum Gasteiger partial charge on any atom is -0.368 e. The number of hydrogen-bond donors (Lipinski definition) is 3. The van der Waals surface area contributed by atoms with Gasteiger partial charge in [-0.1, -0.05) is 18.2 Å². The number of nitrogens with zero attached hydrogens (tertiary/aromatic N) is 1. The van der Waals surface area contributed by atoms with Crippen molar-refractivity contribution in [3.05, 3.63) is 30.3 Å². The smallest absolute Gasteiger partial charge is 0.255 e. The zero-order valence-corrected chi connectivity index (χ0v) is 12.3. The molecule has 0 radical (unpaired) electrons. The summed E-state index contributed by atoms with van der Waals surface area (Å²) in [6, 6.07) is 8.20. The van der Waals surface area contributed by atoms with Gasteiger partial charge in [0.25, 0.3) is 5.91 Å². The highest BCUT2D eigenvalue weighted by Gasteiger charge is 2.35. The molecule has 5 N–H and O–H groups in total. The summed E-state index contributed by atoms with van der Waals surface area (Å²) in [6.07, 6.45) is 1.64. The Balaban J connectivity index is 1.94. The zero-order valence-electron chi connectivity index (χ0n) is 11.5. The Hall–Kier alpha value is -1.99. The van der Waals surface area contributed by atoms with Gasteiger partial charge in [-0.05, 0) is 43.6 Å². The third kappa shape index (κ3) is 3.56. The number of rotatable bonds is 6. The topological polar surface area (TPSA) is 101 Å². The molecule has 1 aromatic carbocycles. The number of nitrogens with two attached hydrogens (primary N) is 2. The molecule has 21 heavy (non-hydrogen) atoms. The van der Waals surface area contributed by atoms with Gasteiger partial charge in [0, 0.05) is 0 Å². The van der Waals surface area contributed by atoms with Crippen LogP contribution in [-0.2, 0) is 9.59 Å². The molecule has 1 heterocycles. The molecule has 2 amide bonds. The summed E-state index contributed by atoms with van der Waals surface area (Å²) in [6.45, 7) is 0. The van der Waals surface area contributed by atoms with Gasteiger partial charge in [0.1, 0.15) is 6.04 Å². The number of para-hydroxylation sites is 1. The lowest BCUT2D eigenvalue weighted by Gasteiger charge is -2.14. The van der Waals surface area contributed by atoms with Crippen molar-refractivity contribution in [3.63, 3.8) is 0 Å². The predicted octanol–water partition coefficient (Wildman–Crippen LogP) is 0.259. The fourth-order valence-corrected chi connectivity index (χ4v) is 2.57. The third-order valence-electron chi connectivity index (χ3n) is 3.41. The first-order valence-corrected chi connectivity index (χ1v) is 7.16. The maximum Gasteiger partial charge on any atom is 0.255 e. The van der Waals surface area contributed by atoms with E-state index >= 15 is 0 Å². The van der Waals surface area contributed by atoms with E-state index in [0.717, 1.165) is 5.69 Å². The van der Waals surface area contributed by atoms with Crippen LogP contribution in [0.5, 0.6) is 0 Å². The van der Waals surface area contributed by atoms with E-state index in [1.807, 2.05) is 30.3 Å². The second-order valence-electron chi connectivity index (χ2n) is 4.95. The average Bonchev–Trinajstić information content (AvgIpc) is 2.74. The molecule has 1 aliphatic rings. The molecule has 2 atom stereocenters. The number of benzene rings is 1. The minimum absolute atomic E-state index is 0.0844. The summed E-state index contributed by atoms with van der Waals surface area (Å²) >= 11 is 5.22. The number of hydrogen-bond acceptors (Lipinski definition) is 4. The first-order chi connectivity index (χ1) is 10.0. The van der Waals surface area contributed by atoms with Gasteiger partial charge in [0.05, 0.1) is 11.7 Å². The first kappa shape index (κ1) is 15.4. The molecule has 1 aromatic rings. The number of carbonyl (C=O) groups excluding carboxylic acids is 2. The van der Waals surface area contributed by atoms with Crippen LogP contribution in [0.3, 0.4) is 0 Å². The van der Waals surface area contributed by atoms with Crippen molar-refractivity contribution in [1.82, 2.24) is 5.32 Å². The van der Waals surface area contributed by atoms with Gasteiger partial charge in [-0.15, -0.1) is 0 Å². The van der Waals surface area contributed by atoms with Crippen LogP contribution in [-0.4, -0.2) is 29.0 Å². The summed E-state index contributed by atoms with van der Waals surface area (Å²) in [5.74, 6) is -0.610. The Bertz CT molecular complexity index is 549. The van der Waals surface area contributed by atoms with Gasteiger partial charge in [-0.25, -0.2) is 0 Å². The Labute approximate surface area is 128 Å². The summed E-state index contributed by atoms with van der Waals surface area (Å²) in [4.78, 5) is 24.7. The second-order valence-corrected chi connectivity index (χ2v) is 5.34. The predicted molar refractivity (Wildman–Crippen MR) is 84.5 cm³/mol. The minimum atomic E-state index is -0.668. The van der Waals surface area contributed by atoms with Crippen LogP contribution in [0.1, 0.15) is 19.3 Å². The van der Waals surface area contributed by atoms with Crippen molar-refractivity contribution < 1.29 is 9.59 Å². The highest BCUT2D eigenvalue weighted by Crippen LogP contribution is 2.21. The number of primary amides is 1. The van der Waals surface area contributed by atoms with E-state index in [-0.39, 0.29) is 11.9 Å². The van der Waals surface area contributed by atoms with E-state index in [2.05, 4.69) is 5.32 Å². The second kappa shape index (κ2) is 6.64. The monoisotopic (exact) mass is 306 g/mol. The van der Waals surface area contributed by atoms with Gasteiger partial charge in [-0.2, -0.15) is 0 Å². The molecule has 1 aliphatic heterocycles. The van der Waals surface area contributed by atoms with Crippen molar-refractivity contribution in [1.29, 1.82) is 0 Å². The first-order valence-electron chi connectivity index (χ1n) is 6.75. The Morgan fingerprint density at radius 3 is 2.67 bits per heavy atom. The van der Waals surface area contributed by atoms with E-state index in [4.69, 9.17) is 23.7 Å². The summed E-state index contributed by atoms with van der Waals surface area (Å²) in [5.41, 5.74) is 11.4. The standard InChI is InChI=1S/C14H18N4O2S/c15-10(12(16)19)7-4-8-11-13(20)18(14(21)17-11)9-5-2-1-3-6-9/h1-3,5-6,10-11H,4,7-8,15H2,(H2,16,19)(H,17,21)/t10-,11-/m0/s1. The molecular weight excluding hydrogens is 288 g/mol. The molecule has 0 spiro atoms. The van der Waals surface area contributed by atoms with Gasteiger partial charge in [0.15, 0.2) is 5.11 Å². The van der Waals surface area contributed by atoms with Crippen LogP contribution in [0.2, 0.25) is 0 Å². The van der Waals surface area contributed by atoms with E-state index in [1.54, 1.807) is 0 Å². The van der Waals surface area contributed by atoms with E-state index in [1.165, 1.54) is 4.90 Å². The SMILES string of the molecule is NC(=O)[C@@H](N)CCC[C@@H]1NC(=S)N(c2ccccc2)C1=O. The molecule has 1 fully saturated rings. The van der Waals surface area contributed by atoms with Crippen LogP contribution < -0.4 is 21.7 Å². The van der Waals surface area contributed by atoms with Crippen LogP contribution in [0, 0.1) is 0 Å². The fraction of sp³-hybridized carbons (Fsp3) is 0.357. The molecule has 0 aromatic heterocycles. The zero-order chi connectivity index (χ0) is 15.4. The molecule has 112 valence electrons. The number of nitrogens with one attached hydrogen (secondary N) is 1. The molecule has 0 bridgehead atoms. The molecule has 6 nitrogen and oxygen atoms in total. The highest BCUT2D eigenvalue weighted by molar-refractivity contribution is 7.80. The number of thiocarbonyl (C=S) groups is 1. The third-order valence-corrected chi connectivity index (χ3v) is 3.71. The van der Waals surface area contributed by atoms with Crippen molar-refractivity contribution in [3.8, 4) is 0 Å². The number of carbonyl (C=O) groups is 2. The summed E-state index contributed by atoms with van der Waals surface area (Å²) < 4.78 is 0. The quantitative estimate of drug-likeness (QED) is 0.654. The van der Waals surface area contributed by atoms with Crippen LogP contribution >= 0.6 is 12.2 Å². The summed E-state index contributed by atoms with van der Waals surface area (Å²) in [7, 11) is 0. The lowest BCUT2D eigenvalue weighted by Crippen LogP contribution is -2.37. The fourth-order valence-electron chi connectivity index (χ4n) is 2.23. The lowest BCUT2D eigenvalue weighted by molar-refractivity contribution is -0.119. The average molecular weight is 306 g/mol. The van der Waals surface area contributed by atoms with Crippen LogP contribution in [0.4, 0.5) is 5.69 Å². The van der Waals surface area contributed by atoms with Crippen LogP contribution in [0.15, 0.2) is 30.3 Å². The van der Waals surface area contributed by atoms with Gasteiger partial charge >= 0.3 is 0 Å². The summed E-state index contributed by atoms with van der Waals surface area (Å²) in [5, 5.41) is 3.40. The lowest BCUT2D eigenvalue weighted by atomic mass is 10.1. The Kier molecular flexibility index (Phi) is 4.87. The van der Waals surface area contributed by atoms with Crippen molar-refractivity contribution in [2.45, 2.75) is 31.3 Å². The number of amides is 2. The largest absolute Gasteiger partial charge is 0.368 e. The van der Waals surface area contributed by atoms with Crippen molar-refractivity contribution >= 4 is 34.8 Å². The molecule has 7 heteroatoms. The molecule has 1 saturated heterocycles. The van der Waals surface area contributed by atoms with Crippen LogP contribution in [0.25, 0.3) is 0 Å². The van der Waals surface area contributed by atoms with Gasteiger partial charge in [-0.3, -0.25) is 14.5 Å². The molecule has 0 unspecified atom stereocenters. The highest BCUT2D eigenvalue weighted by atomic mass is 32.1. The molecule has 2 rings (SSSR count). The maximum atomic E-state index is 12.4. The Morgan fingerprint density at radius 2 is 2.05 bits per heavy atom. The van der Waals surface area contributed by atoms with Crippen molar-refractivity contribution in [2.75, 3.05) is 4.90 Å². The van der Waals surface area contributed by atoms with Gasteiger partial charge < -0.3 is 16.8 Å². The normalized spacial score (nSPS) is 19.5. The Morgan fingerprint density at radius 1 is 1.38 bits per heavy atom. The van der Waals surface area contributed by atoms with E-state index < -0.39 is 11.9 Å².